The van der Waals surface area contributed by atoms with Gasteiger partial charge in [-0.2, -0.15) is 0 Å². The molecule has 1 aromatic carbocycles. The first-order valence-electron chi connectivity index (χ1n) is 10.2. The van der Waals surface area contributed by atoms with E-state index >= 15 is 0 Å². The van der Waals surface area contributed by atoms with E-state index in [4.69, 9.17) is 23.2 Å². The van der Waals surface area contributed by atoms with Crippen LogP contribution in [0.25, 0.3) is 10.7 Å². The number of aryl methyl sites for hydroxylation is 1. The maximum Gasteiger partial charge on any atom is 0.321 e. The van der Waals surface area contributed by atoms with Crippen LogP contribution in [0.4, 0.5) is 9.93 Å². The number of rotatable bonds is 7. The molecule has 0 unspecified atom stereocenters. The number of hydrogen-bond donors (Lipinski definition) is 2. The largest absolute Gasteiger partial charge is 0.335 e. The molecule has 0 aliphatic rings. The third kappa shape index (κ3) is 6.31. The molecule has 0 spiro atoms. The Balaban J connectivity index is 1.32. The number of halogens is 2. The molecule has 180 valence electrons. The first-order valence-corrected chi connectivity index (χ1v) is 12.7. The first kappa shape index (κ1) is 25.0. The van der Waals surface area contributed by atoms with Crippen molar-refractivity contribution in [3.8, 4) is 10.7 Å². The first-order chi connectivity index (χ1) is 16.8. The standard InChI is InChI=1S/C22H19Cl2N7O2S2/c1-12-18(35-19(28-12)17-9-25-5-6-26-17)20(32)31(2)10-14-11-34-22(29-14)30-21(33)27-8-13-3-4-15(23)16(24)7-13/h3-7,9,11H,8,10H2,1-2H3,(H2,27,29,30,33). The van der Waals surface area contributed by atoms with E-state index < -0.39 is 6.03 Å². The quantitative estimate of drug-likeness (QED) is 0.326. The third-order valence-corrected chi connectivity index (χ3v) is 7.44. The molecule has 0 saturated carbocycles. The number of carbonyl (C=O) groups excluding carboxylic acids is 2. The molecule has 3 heterocycles. The van der Waals surface area contributed by atoms with Crippen LogP contribution in [-0.2, 0) is 13.1 Å². The second-order valence-corrected chi connectivity index (χ2v) is 10.1. The lowest BCUT2D eigenvalue weighted by Crippen LogP contribution is -2.28. The van der Waals surface area contributed by atoms with E-state index in [9.17, 15) is 9.59 Å². The Bertz CT molecular complexity index is 1360. The SMILES string of the molecule is Cc1nc(-c2cnccn2)sc1C(=O)N(C)Cc1csc(NC(=O)NCc2ccc(Cl)c(Cl)c2)n1. The normalized spacial score (nSPS) is 10.7. The van der Waals surface area contributed by atoms with Crippen molar-refractivity contribution in [3.63, 3.8) is 0 Å². The summed E-state index contributed by atoms with van der Waals surface area (Å²) in [6.45, 7) is 2.35. The summed E-state index contributed by atoms with van der Waals surface area (Å²) in [6.07, 6.45) is 4.78. The van der Waals surface area contributed by atoms with Crippen LogP contribution in [0.3, 0.4) is 0 Å². The minimum absolute atomic E-state index is 0.169. The van der Waals surface area contributed by atoms with Crippen molar-refractivity contribution in [2.24, 2.45) is 0 Å². The Hall–Kier alpha value is -3.12. The molecule has 13 heteroatoms. The Morgan fingerprint density at radius 2 is 1.97 bits per heavy atom. The molecule has 0 atom stereocenters. The highest BCUT2D eigenvalue weighted by atomic mass is 35.5. The zero-order valence-electron chi connectivity index (χ0n) is 18.6. The molecule has 2 N–H and O–H groups in total. The molecule has 3 aromatic heterocycles. The van der Waals surface area contributed by atoms with Gasteiger partial charge >= 0.3 is 6.03 Å². The Labute approximate surface area is 219 Å². The zero-order valence-corrected chi connectivity index (χ0v) is 21.7. The number of urea groups is 1. The number of carbonyl (C=O) groups is 2. The van der Waals surface area contributed by atoms with Crippen molar-refractivity contribution >= 4 is 62.9 Å². The average Bonchev–Trinajstić information content (AvgIpc) is 3.45. The van der Waals surface area contributed by atoms with Gasteiger partial charge in [0.2, 0.25) is 0 Å². The van der Waals surface area contributed by atoms with Gasteiger partial charge in [-0.25, -0.2) is 14.8 Å². The second kappa shape index (κ2) is 11.1. The Morgan fingerprint density at radius 1 is 1.14 bits per heavy atom. The zero-order chi connectivity index (χ0) is 24.9. The fraction of sp³-hybridized carbons (Fsp3) is 0.182. The second-order valence-electron chi connectivity index (χ2n) is 7.39. The van der Waals surface area contributed by atoms with Crippen molar-refractivity contribution in [2.45, 2.75) is 20.0 Å². The number of thiazole rings is 2. The fourth-order valence-electron chi connectivity index (χ4n) is 3.01. The van der Waals surface area contributed by atoms with Gasteiger partial charge in [0.1, 0.15) is 15.6 Å². The van der Waals surface area contributed by atoms with Crippen LogP contribution in [0, 0.1) is 6.92 Å². The lowest BCUT2D eigenvalue weighted by molar-refractivity contribution is 0.0787. The lowest BCUT2D eigenvalue weighted by Gasteiger charge is -2.15. The minimum Gasteiger partial charge on any atom is -0.335 e. The summed E-state index contributed by atoms with van der Waals surface area (Å²) in [7, 11) is 1.69. The van der Waals surface area contributed by atoms with Crippen LogP contribution in [0.5, 0.6) is 0 Å². The summed E-state index contributed by atoms with van der Waals surface area (Å²) in [4.78, 5) is 44.5. The van der Waals surface area contributed by atoms with Gasteiger partial charge in [0.15, 0.2) is 5.13 Å². The monoisotopic (exact) mass is 547 g/mol. The fourth-order valence-corrected chi connectivity index (χ4v) is 5.05. The van der Waals surface area contributed by atoms with E-state index in [-0.39, 0.29) is 19.0 Å². The smallest absolute Gasteiger partial charge is 0.321 e. The van der Waals surface area contributed by atoms with Crippen LogP contribution in [-0.4, -0.2) is 43.8 Å². The summed E-state index contributed by atoms with van der Waals surface area (Å²) in [5.74, 6) is -0.169. The average molecular weight is 548 g/mol. The molecule has 9 nitrogen and oxygen atoms in total. The summed E-state index contributed by atoms with van der Waals surface area (Å²) >= 11 is 14.5. The van der Waals surface area contributed by atoms with Crippen molar-refractivity contribution in [2.75, 3.05) is 12.4 Å². The van der Waals surface area contributed by atoms with Gasteiger partial charge in [-0.3, -0.25) is 20.1 Å². The summed E-state index contributed by atoms with van der Waals surface area (Å²) in [5.41, 5.74) is 2.72. The van der Waals surface area contributed by atoms with Crippen LogP contribution >= 0.6 is 45.9 Å². The lowest BCUT2D eigenvalue weighted by atomic mass is 10.2. The van der Waals surface area contributed by atoms with Gasteiger partial charge in [0, 0.05) is 31.4 Å². The molecule has 35 heavy (non-hydrogen) atoms. The molecule has 0 radical (unpaired) electrons. The molecule has 0 fully saturated rings. The van der Waals surface area contributed by atoms with Gasteiger partial charge < -0.3 is 10.2 Å². The van der Waals surface area contributed by atoms with Gasteiger partial charge in [-0.1, -0.05) is 29.3 Å². The summed E-state index contributed by atoms with van der Waals surface area (Å²) < 4.78 is 0. The molecule has 0 bridgehead atoms. The van der Waals surface area contributed by atoms with E-state index in [1.54, 1.807) is 61.0 Å². The topological polar surface area (TPSA) is 113 Å². The number of benzene rings is 1. The van der Waals surface area contributed by atoms with Crippen molar-refractivity contribution < 1.29 is 9.59 Å². The number of nitrogens with zero attached hydrogens (tertiary/aromatic N) is 5. The number of nitrogens with one attached hydrogen (secondary N) is 2. The minimum atomic E-state index is -0.404. The van der Waals surface area contributed by atoms with E-state index in [1.807, 2.05) is 0 Å². The number of amides is 3. The maximum atomic E-state index is 13.0. The molecule has 4 rings (SSSR count). The molecule has 0 aliphatic carbocycles. The van der Waals surface area contributed by atoms with E-state index in [2.05, 4.69) is 30.6 Å². The van der Waals surface area contributed by atoms with Crippen molar-refractivity contribution in [1.82, 2.24) is 30.2 Å². The van der Waals surface area contributed by atoms with Crippen LogP contribution in [0.15, 0.2) is 42.2 Å². The highest BCUT2D eigenvalue weighted by Crippen LogP contribution is 2.27. The van der Waals surface area contributed by atoms with Gasteiger partial charge in [0.25, 0.3) is 5.91 Å². The summed E-state index contributed by atoms with van der Waals surface area (Å²) in [5, 5.41) is 9.17. The maximum absolute atomic E-state index is 13.0. The molecule has 0 aliphatic heterocycles. The molecular weight excluding hydrogens is 529 g/mol. The summed E-state index contributed by atoms with van der Waals surface area (Å²) in [6, 6.07) is 4.75. The van der Waals surface area contributed by atoms with Crippen molar-refractivity contribution in [1.29, 1.82) is 0 Å². The molecule has 4 aromatic rings. The third-order valence-electron chi connectivity index (χ3n) is 4.73. The van der Waals surface area contributed by atoms with Crippen LogP contribution in [0.1, 0.15) is 26.6 Å². The van der Waals surface area contributed by atoms with Gasteiger partial charge in [-0.05, 0) is 24.6 Å². The van der Waals surface area contributed by atoms with E-state index in [1.165, 1.54) is 22.7 Å². The Kier molecular flexibility index (Phi) is 7.91. The van der Waals surface area contributed by atoms with Gasteiger partial charge in [0.05, 0.1) is 34.2 Å². The number of hydrogen-bond acceptors (Lipinski definition) is 8. The molecular formula is C22H19Cl2N7O2S2. The van der Waals surface area contributed by atoms with E-state index in [0.717, 1.165) is 5.56 Å². The Morgan fingerprint density at radius 3 is 2.71 bits per heavy atom. The predicted molar refractivity (Wildman–Crippen MR) is 138 cm³/mol. The van der Waals surface area contributed by atoms with Crippen LogP contribution in [0.2, 0.25) is 10.0 Å². The highest BCUT2D eigenvalue weighted by Gasteiger charge is 2.21. The molecule has 3 amide bonds. The molecule has 0 saturated heterocycles. The van der Waals surface area contributed by atoms with Gasteiger partial charge in [-0.15, -0.1) is 22.7 Å². The highest BCUT2D eigenvalue weighted by molar-refractivity contribution is 7.17. The van der Waals surface area contributed by atoms with Crippen molar-refractivity contribution in [3.05, 3.63) is 74.0 Å². The van der Waals surface area contributed by atoms with Crippen LogP contribution < -0.4 is 10.6 Å². The van der Waals surface area contributed by atoms with E-state index in [0.29, 0.717) is 42.1 Å². The number of anilines is 1. The number of aromatic nitrogens is 4. The predicted octanol–water partition coefficient (Wildman–Crippen LogP) is 5.27.